The molecule has 0 aromatic heterocycles. The molecule has 0 heterocycles. The lowest BCUT2D eigenvalue weighted by Gasteiger charge is -2.08. The number of alkyl halides is 3. The van der Waals surface area contributed by atoms with Gasteiger partial charge in [-0.1, -0.05) is 36.4 Å². The molecule has 0 unspecified atom stereocenters. The third-order valence-corrected chi connectivity index (χ3v) is 4.88. The fourth-order valence-corrected chi connectivity index (χ4v) is 3.13. The number of hydrogen-bond acceptors (Lipinski definition) is 4. The van der Waals surface area contributed by atoms with Crippen LogP contribution in [-0.4, -0.2) is 9.85 Å². The number of non-ortho nitro benzene ring substituents is 1. The molecule has 0 aliphatic carbocycles. The van der Waals surface area contributed by atoms with Crippen LogP contribution in [0.1, 0.15) is 5.56 Å². The fourth-order valence-electron chi connectivity index (χ4n) is 3.13. The van der Waals surface area contributed by atoms with Crippen LogP contribution in [0.3, 0.4) is 0 Å². The van der Waals surface area contributed by atoms with Crippen molar-refractivity contribution in [2.24, 2.45) is 0 Å². The summed E-state index contributed by atoms with van der Waals surface area (Å²) in [6.07, 6.45) is -4.42. The monoisotopic (exact) mass is 484 g/mol. The molecule has 0 radical (unpaired) electrons. The van der Waals surface area contributed by atoms with Crippen LogP contribution in [0.15, 0.2) is 97.1 Å². The molecule has 10 heteroatoms. The molecule has 0 aliphatic heterocycles. The zero-order valence-corrected chi connectivity index (χ0v) is 17.8. The van der Waals surface area contributed by atoms with Crippen molar-refractivity contribution < 1.29 is 27.4 Å². The summed E-state index contributed by atoms with van der Waals surface area (Å²) < 4.78 is 49.9. The van der Waals surface area contributed by atoms with E-state index in [1.165, 1.54) is 54.6 Å². The van der Waals surface area contributed by atoms with Crippen LogP contribution in [-0.2, 0) is 6.18 Å². The van der Waals surface area contributed by atoms with Crippen LogP contribution < -0.4 is 0 Å². The van der Waals surface area contributed by atoms with Gasteiger partial charge in [-0.3, -0.25) is 20.2 Å². The topological polar surface area (TPSA) is 86.3 Å². The summed E-state index contributed by atoms with van der Waals surface area (Å²) in [5, 5.41) is 21.3. The second-order valence-electron chi connectivity index (χ2n) is 7.16. The highest BCUT2D eigenvalue weighted by Crippen LogP contribution is 2.33. The number of halogens is 4. The summed E-state index contributed by atoms with van der Waals surface area (Å²) >= 11 is 0. The molecule has 0 aliphatic rings. The molecule has 0 saturated carbocycles. The predicted octanol–water partition coefficient (Wildman–Crippen LogP) is 7.68. The first-order valence-electron chi connectivity index (χ1n) is 9.97. The van der Waals surface area contributed by atoms with Crippen LogP contribution in [0.5, 0.6) is 0 Å². The Morgan fingerprint density at radius 1 is 0.600 bits per heavy atom. The number of para-hydroxylation sites is 1. The highest BCUT2D eigenvalue weighted by Gasteiger charge is 2.30. The van der Waals surface area contributed by atoms with E-state index in [9.17, 15) is 37.8 Å². The first-order chi connectivity index (χ1) is 16.6. The van der Waals surface area contributed by atoms with Gasteiger partial charge in [0.15, 0.2) is 0 Å². The number of nitro groups is 2. The largest absolute Gasteiger partial charge is 0.416 e. The zero-order chi connectivity index (χ0) is 25.6. The number of rotatable bonds is 4. The van der Waals surface area contributed by atoms with E-state index in [2.05, 4.69) is 0 Å². The van der Waals surface area contributed by atoms with Gasteiger partial charge in [-0.15, -0.1) is 0 Å². The molecule has 6 nitrogen and oxygen atoms in total. The maximum atomic E-state index is 12.7. The molecule has 0 fully saturated rings. The minimum Gasteiger partial charge on any atom is -0.258 e. The van der Waals surface area contributed by atoms with E-state index < -0.39 is 21.6 Å². The summed E-state index contributed by atoms with van der Waals surface area (Å²) in [6, 6.07) is 22.3. The minimum atomic E-state index is -4.42. The molecule has 4 aromatic carbocycles. The fraction of sp³-hybridized carbons (Fsp3) is 0.0400. The first kappa shape index (κ1) is 25.0. The summed E-state index contributed by atoms with van der Waals surface area (Å²) in [5.41, 5.74) is 1.45. The molecule has 0 N–H and O–H groups in total. The van der Waals surface area contributed by atoms with E-state index in [-0.39, 0.29) is 17.2 Å². The van der Waals surface area contributed by atoms with Crippen molar-refractivity contribution in [2.75, 3.05) is 0 Å². The normalized spacial score (nSPS) is 10.7. The Balaban J connectivity index is 0.000000198. The molecule has 35 heavy (non-hydrogen) atoms. The third-order valence-electron chi connectivity index (χ3n) is 4.88. The van der Waals surface area contributed by atoms with Crippen LogP contribution >= 0.6 is 0 Å². The lowest BCUT2D eigenvalue weighted by Crippen LogP contribution is -2.04. The van der Waals surface area contributed by atoms with Crippen LogP contribution in [0.2, 0.25) is 0 Å². The summed E-state index contributed by atoms with van der Waals surface area (Å²) in [6.45, 7) is 0. The van der Waals surface area contributed by atoms with Gasteiger partial charge in [0.25, 0.3) is 11.4 Å². The van der Waals surface area contributed by atoms with Gasteiger partial charge in [-0.25, -0.2) is 4.39 Å². The minimum absolute atomic E-state index is 0.0471. The maximum absolute atomic E-state index is 12.7. The second-order valence-corrected chi connectivity index (χ2v) is 7.16. The molecule has 4 rings (SSSR count). The molecular formula is C25H16F4N2O4. The molecular weight excluding hydrogens is 468 g/mol. The highest BCUT2D eigenvalue weighted by molar-refractivity contribution is 5.73. The van der Waals surface area contributed by atoms with Gasteiger partial charge in [0, 0.05) is 18.2 Å². The van der Waals surface area contributed by atoms with Crippen LogP contribution in [0, 0.1) is 26.0 Å². The summed E-state index contributed by atoms with van der Waals surface area (Å²) in [5.74, 6) is -0.300. The van der Waals surface area contributed by atoms with Crippen LogP contribution in [0.4, 0.5) is 28.9 Å². The average molecular weight is 484 g/mol. The summed E-state index contributed by atoms with van der Waals surface area (Å²) in [4.78, 5) is 20.3. The Labute approximate surface area is 196 Å². The van der Waals surface area contributed by atoms with Crippen molar-refractivity contribution in [1.82, 2.24) is 0 Å². The van der Waals surface area contributed by atoms with E-state index in [1.54, 1.807) is 30.3 Å². The Morgan fingerprint density at radius 3 is 1.57 bits per heavy atom. The average Bonchev–Trinajstić information content (AvgIpc) is 2.84. The van der Waals surface area contributed by atoms with Gasteiger partial charge in [-0.05, 0) is 59.2 Å². The van der Waals surface area contributed by atoms with E-state index in [0.717, 1.165) is 23.3 Å². The predicted molar refractivity (Wildman–Crippen MR) is 122 cm³/mol. The van der Waals surface area contributed by atoms with Crippen molar-refractivity contribution in [3.63, 3.8) is 0 Å². The zero-order valence-electron chi connectivity index (χ0n) is 17.8. The highest BCUT2D eigenvalue weighted by atomic mass is 19.4. The van der Waals surface area contributed by atoms with Gasteiger partial charge in [-0.2, -0.15) is 13.2 Å². The molecule has 0 atom stereocenters. The van der Waals surface area contributed by atoms with E-state index in [1.807, 2.05) is 0 Å². The van der Waals surface area contributed by atoms with Crippen molar-refractivity contribution in [3.05, 3.63) is 129 Å². The lowest BCUT2D eigenvalue weighted by molar-refractivity contribution is -0.384. The Kier molecular flexibility index (Phi) is 7.55. The van der Waals surface area contributed by atoms with Crippen LogP contribution in [0.25, 0.3) is 22.3 Å². The van der Waals surface area contributed by atoms with E-state index in [4.69, 9.17) is 0 Å². The first-order valence-corrected chi connectivity index (χ1v) is 9.97. The number of benzene rings is 4. The number of nitro benzene ring substituents is 2. The number of hydrogen-bond donors (Lipinski definition) is 0. The summed E-state index contributed by atoms with van der Waals surface area (Å²) in [7, 11) is 0. The van der Waals surface area contributed by atoms with Gasteiger partial charge < -0.3 is 0 Å². The smallest absolute Gasteiger partial charge is 0.258 e. The lowest BCUT2D eigenvalue weighted by atomic mass is 10.0. The molecule has 0 amide bonds. The van der Waals surface area contributed by atoms with Gasteiger partial charge >= 0.3 is 6.18 Å². The Hall–Kier alpha value is -4.60. The van der Waals surface area contributed by atoms with Crippen molar-refractivity contribution in [1.29, 1.82) is 0 Å². The molecule has 4 aromatic rings. The van der Waals surface area contributed by atoms with Gasteiger partial charge in [0.1, 0.15) is 5.82 Å². The quantitative estimate of drug-likeness (QED) is 0.169. The Bertz CT molecular complexity index is 1320. The van der Waals surface area contributed by atoms with Gasteiger partial charge in [0.2, 0.25) is 0 Å². The molecule has 0 saturated heterocycles. The van der Waals surface area contributed by atoms with Crippen molar-refractivity contribution in [3.8, 4) is 22.3 Å². The van der Waals surface area contributed by atoms with E-state index >= 15 is 0 Å². The SMILES string of the molecule is O=[N+]([O-])c1ccc(-c2ccc(F)cc2)cc1.O=[N+]([O-])c1ccccc1-c1ccc(C(F)(F)F)cc1. The van der Waals surface area contributed by atoms with E-state index in [0.29, 0.717) is 11.1 Å². The second kappa shape index (κ2) is 10.6. The number of nitrogens with zero attached hydrogens (tertiary/aromatic N) is 2. The van der Waals surface area contributed by atoms with Crippen molar-refractivity contribution >= 4 is 11.4 Å². The Morgan fingerprint density at radius 2 is 1.09 bits per heavy atom. The third kappa shape index (κ3) is 6.47. The van der Waals surface area contributed by atoms with Crippen molar-refractivity contribution in [2.45, 2.75) is 6.18 Å². The standard InChI is InChI=1S/C13H8F3NO2.C12H8FNO2/c14-13(15,16)10-7-5-9(6-8-10)11-3-1-2-4-12(11)17(18)19;13-11-5-1-9(2-6-11)10-3-7-12(8-4-10)14(15)16/h1-8H;1-8H. The van der Waals surface area contributed by atoms with Gasteiger partial charge in [0.05, 0.1) is 21.0 Å². The molecule has 178 valence electrons. The maximum Gasteiger partial charge on any atom is 0.416 e. The molecule has 0 spiro atoms. The molecule has 0 bridgehead atoms.